The largest absolute Gasteiger partial charge is 0.384 e. The van der Waals surface area contributed by atoms with Crippen molar-refractivity contribution in [3.63, 3.8) is 0 Å². The molecule has 0 saturated carbocycles. The number of amides is 1. The van der Waals surface area contributed by atoms with Gasteiger partial charge >= 0.3 is 0 Å². The molecular weight excluding hydrogens is 204 g/mol. The molecule has 2 rings (SSSR count). The fourth-order valence-electron chi connectivity index (χ4n) is 1.94. The maximum Gasteiger partial charge on any atom is 0.221 e. The van der Waals surface area contributed by atoms with Gasteiger partial charge < -0.3 is 10.6 Å². The van der Waals surface area contributed by atoms with Gasteiger partial charge in [0.05, 0.1) is 16.9 Å². The average molecular weight is 218 g/mol. The van der Waals surface area contributed by atoms with Crippen molar-refractivity contribution in [3.05, 3.63) is 23.3 Å². The van der Waals surface area contributed by atoms with Crippen LogP contribution in [-0.4, -0.2) is 18.2 Å². The predicted molar refractivity (Wildman–Crippen MR) is 62.9 cm³/mol. The van der Waals surface area contributed by atoms with Gasteiger partial charge in [0.2, 0.25) is 5.91 Å². The van der Waals surface area contributed by atoms with Gasteiger partial charge in [-0.25, -0.2) is 0 Å². The summed E-state index contributed by atoms with van der Waals surface area (Å²) in [6, 6.07) is 3.68. The minimum absolute atomic E-state index is 0.0844. The van der Waals surface area contributed by atoms with Crippen LogP contribution in [0.3, 0.4) is 0 Å². The molecular formula is C12H14N2O2. The summed E-state index contributed by atoms with van der Waals surface area (Å²) in [5.74, 6) is -0.0781. The molecule has 0 fully saturated rings. The zero-order valence-electron chi connectivity index (χ0n) is 9.39. The van der Waals surface area contributed by atoms with E-state index in [0.29, 0.717) is 24.2 Å². The summed E-state index contributed by atoms with van der Waals surface area (Å²) in [4.78, 5) is 22.9. The number of aryl methyl sites for hydroxylation is 1. The molecule has 1 amide bonds. The van der Waals surface area contributed by atoms with E-state index in [9.17, 15) is 9.59 Å². The Hall–Kier alpha value is -1.84. The van der Waals surface area contributed by atoms with Crippen LogP contribution >= 0.6 is 0 Å². The number of carbonyl (C=O) groups excluding carboxylic acids is 2. The monoisotopic (exact) mass is 218 g/mol. The molecule has 1 aromatic rings. The Morgan fingerprint density at radius 3 is 2.88 bits per heavy atom. The van der Waals surface area contributed by atoms with Crippen LogP contribution in [0.2, 0.25) is 0 Å². The fraction of sp³-hybridized carbons (Fsp3) is 0.333. The topological polar surface area (TPSA) is 58.2 Å². The van der Waals surface area contributed by atoms with Crippen LogP contribution in [-0.2, 0) is 4.79 Å². The van der Waals surface area contributed by atoms with E-state index in [4.69, 9.17) is 0 Å². The van der Waals surface area contributed by atoms with Crippen LogP contribution in [0.25, 0.3) is 0 Å². The Bertz CT molecular complexity index is 466. The van der Waals surface area contributed by atoms with Gasteiger partial charge in [0.1, 0.15) is 0 Å². The Labute approximate surface area is 94.0 Å². The number of nitrogens with one attached hydrogen (secondary N) is 2. The quantitative estimate of drug-likeness (QED) is 0.757. The maximum absolute atomic E-state index is 11.8. The van der Waals surface area contributed by atoms with Gasteiger partial charge in [-0.3, -0.25) is 9.59 Å². The Morgan fingerprint density at radius 2 is 2.19 bits per heavy atom. The smallest absolute Gasteiger partial charge is 0.221 e. The minimum atomic E-state index is -0.163. The van der Waals surface area contributed by atoms with E-state index in [-0.39, 0.29) is 11.7 Å². The molecule has 1 heterocycles. The number of rotatable bonds is 1. The van der Waals surface area contributed by atoms with Crippen molar-refractivity contribution in [1.29, 1.82) is 0 Å². The third kappa shape index (κ3) is 1.78. The van der Waals surface area contributed by atoms with Crippen LogP contribution in [0.1, 0.15) is 29.3 Å². The molecule has 1 aromatic carbocycles. The van der Waals surface area contributed by atoms with Crippen LogP contribution in [0.5, 0.6) is 0 Å². The van der Waals surface area contributed by atoms with Crippen molar-refractivity contribution < 1.29 is 9.59 Å². The first-order valence-electron chi connectivity index (χ1n) is 5.28. The summed E-state index contributed by atoms with van der Waals surface area (Å²) in [6.45, 7) is 4.05. The van der Waals surface area contributed by atoms with Gasteiger partial charge in [0.25, 0.3) is 0 Å². The zero-order valence-corrected chi connectivity index (χ0v) is 9.39. The molecule has 84 valence electrons. The molecule has 16 heavy (non-hydrogen) atoms. The number of ketones is 1. The molecule has 0 bridgehead atoms. The molecule has 4 nitrogen and oxygen atoms in total. The van der Waals surface area contributed by atoms with E-state index in [0.717, 1.165) is 11.3 Å². The summed E-state index contributed by atoms with van der Waals surface area (Å²) in [6.07, 6.45) is 0.475. The molecule has 4 heteroatoms. The van der Waals surface area contributed by atoms with Crippen molar-refractivity contribution in [3.8, 4) is 0 Å². The van der Waals surface area contributed by atoms with Crippen molar-refractivity contribution in [1.82, 2.24) is 0 Å². The van der Waals surface area contributed by atoms with Crippen molar-refractivity contribution in [2.75, 3.05) is 17.2 Å². The normalized spacial score (nSPS) is 14.0. The second-order valence-electron chi connectivity index (χ2n) is 3.96. The first-order valence-corrected chi connectivity index (χ1v) is 5.28. The van der Waals surface area contributed by atoms with E-state index in [1.807, 2.05) is 13.0 Å². The second kappa shape index (κ2) is 3.96. The summed E-state index contributed by atoms with van der Waals surface area (Å²) < 4.78 is 0. The van der Waals surface area contributed by atoms with Crippen molar-refractivity contribution in [2.24, 2.45) is 0 Å². The number of hydrogen-bond donors (Lipinski definition) is 2. The highest BCUT2D eigenvalue weighted by Gasteiger charge is 2.22. The molecule has 0 aromatic heterocycles. The van der Waals surface area contributed by atoms with E-state index < -0.39 is 0 Å². The standard InChI is InChI=1S/C12H14N2O2/c1-7-3-4-9(14-8(2)15)11-10(16)5-6-13-12(7)11/h3-4,13H,5-6H2,1-2H3,(H,14,15). The van der Waals surface area contributed by atoms with E-state index in [2.05, 4.69) is 10.6 Å². The highest BCUT2D eigenvalue weighted by atomic mass is 16.1. The third-order valence-corrected chi connectivity index (χ3v) is 2.66. The molecule has 1 aliphatic rings. The third-order valence-electron chi connectivity index (χ3n) is 2.66. The second-order valence-corrected chi connectivity index (χ2v) is 3.96. The Morgan fingerprint density at radius 1 is 1.44 bits per heavy atom. The zero-order chi connectivity index (χ0) is 11.7. The van der Waals surface area contributed by atoms with Gasteiger partial charge in [0.15, 0.2) is 5.78 Å². The molecule has 0 unspecified atom stereocenters. The highest BCUT2D eigenvalue weighted by molar-refractivity contribution is 6.10. The van der Waals surface area contributed by atoms with Crippen LogP contribution in [0, 0.1) is 6.92 Å². The van der Waals surface area contributed by atoms with Crippen LogP contribution < -0.4 is 10.6 Å². The van der Waals surface area contributed by atoms with Gasteiger partial charge in [-0.15, -0.1) is 0 Å². The van der Waals surface area contributed by atoms with E-state index in [1.165, 1.54) is 6.92 Å². The van der Waals surface area contributed by atoms with E-state index >= 15 is 0 Å². The number of Topliss-reactive ketones (excluding diaryl/α,β-unsaturated/α-hetero) is 1. The summed E-state index contributed by atoms with van der Waals surface area (Å²) in [7, 11) is 0. The first kappa shape index (κ1) is 10.7. The van der Waals surface area contributed by atoms with Gasteiger partial charge in [-0.2, -0.15) is 0 Å². The number of benzene rings is 1. The number of hydrogen-bond acceptors (Lipinski definition) is 3. The van der Waals surface area contributed by atoms with Crippen LogP contribution in [0.15, 0.2) is 12.1 Å². The lowest BCUT2D eigenvalue weighted by atomic mass is 9.97. The Balaban J connectivity index is 2.55. The molecule has 0 atom stereocenters. The average Bonchev–Trinajstić information content (AvgIpc) is 2.22. The summed E-state index contributed by atoms with van der Waals surface area (Å²) >= 11 is 0. The molecule has 1 aliphatic heterocycles. The van der Waals surface area contributed by atoms with Gasteiger partial charge in [0, 0.05) is 19.9 Å². The fourth-order valence-corrected chi connectivity index (χ4v) is 1.94. The number of anilines is 2. The number of carbonyl (C=O) groups is 2. The molecule has 2 N–H and O–H groups in total. The van der Waals surface area contributed by atoms with Crippen molar-refractivity contribution >= 4 is 23.1 Å². The number of fused-ring (bicyclic) bond motifs is 1. The minimum Gasteiger partial charge on any atom is -0.384 e. The molecule has 0 saturated heterocycles. The predicted octanol–water partition coefficient (Wildman–Crippen LogP) is 1.95. The highest BCUT2D eigenvalue weighted by Crippen LogP contribution is 2.31. The molecule has 0 aliphatic carbocycles. The SMILES string of the molecule is CC(=O)Nc1ccc(C)c2c1C(=O)CCN2. The maximum atomic E-state index is 11.8. The van der Waals surface area contributed by atoms with Crippen molar-refractivity contribution in [2.45, 2.75) is 20.3 Å². The lowest BCUT2D eigenvalue weighted by molar-refractivity contribution is -0.114. The van der Waals surface area contributed by atoms with Gasteiger partial charge in [-0.1, -0.05) is 6.07 Å². The van der Waals surface area contributed by atoms with Crippen LogP contribution in [0.4, 0.5) is 11.4 Å². The lowest BCUT2D eigenvalue weighted by Gasteiger charge is -2.22. The van der Waals surface area contributed by atoms with E-state index in [1.54, 1.807) is 6.07 Å². The molecule has 0 spiro atoms. The van der Waals surface area contributed by atoms with Gasteiger partial charge in [-0.05, 0) is 18.6 Å². The summed E-state index contributed by atoms with van der Waals surface area (Å²) in [5.41, 5.74) is 3.09. The molecule has 0 radical (unpaired) electrons. The summed E-state index contributed by atoms with van der Waals surface area (Å²) in [5, 5.41) is 5.89. The Kier molecular flexibility index (Phi) is 2.64. The first-order chi connectivity index (χ1) is 7.59. The lowest BCUT2D eigenvalue weighted by Crippen LogP contribution is -2.21.